The molecule has 0 unspecified atom stereocenters. The fourth-order valence-corrected chi connectivity index (χ4v) is 13.2. The molecule has 5 heteroatoms. The van der Waals surface area contributed by atoms with Crippen LogP contribution in [0.4, 0.5) is 0 Å². The maximum atomic E-state index is 2.52. The SMILES string of the molecule is CC(C)(C)c1cc2c3c(c1)Sc1cc(-n4c5ccc(C(C)(C)C)cc5c5cc(C(C)(C)C)ccc54)ccc1B3c1ccc(-n3c4ccc(C(C)(C)C)cc4c4cc(C(C)(C)C)ccc43)cc1S2. The van der Waals surface area contributed by atoms with Gasteiger partial charge in [-0.25, -0.2) is 0 Å². The normalized spacial score (nSPS) is 14.3. The lowest BCUT2D eigenvalue weighted by Crippen LogP contribution is -2.58. The third-order valence-electron chi connectivity index (χ3n) is 14.8. The van der Waals surface area contributed by atoms with E-state index in [0.717, 1.165) is 0 Å². The van der Waals surface area contributed by atoms with Gasteiger partial charge in [0, 0.05) is 52.5 Å². The van der Waals surface area contributed by atoms with E-state index in [1.54, 1.807) is 0 Å². The number of fused-ring (bicyclic) bond motifs is 10. The fraction of sp³-hybridized carbons (Fsp3) is 0.323. The molecular weight excluding hydrogens is 848 g/mol. The predicted molar refractivity (Wildman–Crippen MR) is 294 cm³/mol. The summed E-state index contributed by atoms with van der Waals surface area (Å²) in [7, 11) is 0. The van der Waals surface area contributed by atoms with Gasteiger partial charge in [0.2, 0.25) is 6.71 Å². The lowest BCUT2D eigenvalue weighted by molar-refractivity contribution is 0.587. The van der Waals surface area contributed by atoms with E-state index in [1.165, 1.54) is 119 Å². The van der Waals surface area contributed by atoms with Crippen molar-refractivity contribution in [3.8, 4) is 11.4 Å². The third kappa shape index (κ3) is 7.24. The van der Waals surface area contributed by atoms with Crippen LogP contribution in [0, 0.1) is 0 Å². The lowest BCUT2D eigenvalue weighted by atomic mass is 9.36. The largest absolute Gasteiger partial charge is 0.309 e. The highest BCUT2D eigenvalue weighted by molar-refractivity contribution is 8.01. The molecule has 0 bridgehead atoms. The number of hydrogen-bond donors (Lipinski definition) is 0. The van der Waals surface area contributed by atoms with Crippen molar-refractivity contribution in [2.45, 2.75) is 151 Å². The highest BCUT2D eigenvalue weighted by Crippen LogP contribution is 2.45. The summed E-state index contributed by atoms with van der Waals surface area (Å²) in [5.74, 6) is 0. The Morgan fingerprint density at radius 2 is 0.612 bits per heavy atom. The minimum absolute atomic E-state index is 0.00791. The van der Waals surface area contributed by atoms with Gasteiger partial charge in [0.1, 0.15) is 0 Å². The van der Waals surface area contributed by atoms with Gasteiger partial charge < -0.3 is 9.13 Å². The molecule has 0 atom stereocenters. The molecule has 0 radical (unpaired) electrons. The van der Waals surface area contributed by atoms with E-state index < -0.39 is 0 Å². The van der Waals surface area contributed by atoms with Crippen LogP contribution in [0.25, 0.3) is 55.0 Å². The minimum atomic E-state index is 0.00791. The van der Waals surface area contributed by atoms with Gasteiger partial charge in [-0.1, -0.05) is 175 Å². The van der Waals surface area contributed by atoms with E-state index in [-0.39, 0.29) is 33.8 Å². The zero-order valence-corrected chi connectivity index (χ0v) is 44.0. The Kier molecular flexibility index (Phi) is 9.75. The lowest BCUT2D eigenvalue weighted by Gasteiger charge is -2.35. The van der Waals surface area contributed by atoms with Gasteiger partial charge in [0.05, 0.1) is 22.1 Å². The van der Waals surface area contributed by atoms with Gasteiger partial charge in [0.25, 0.3) is 0 Å². The molecule has 4 heterocycles. The summed E-state index contributed by atoms with van der Waals surface area (Å²) in [5, 5.41) is 5.30. The van der Waals surface area contributed by atoms with E-state index in [2.05, 4.69) is 234 Å². The fourth-order valence-electron chi connectivity index (χ4n) is 10.6. The van der Waals surface area contributed by atoms with Crippen LogP contribution < -0.4 is 16.4 Å². The van der Waals surface area contributed by atoms with Gasteiger partial charge in [-0.05, 0) is 145 Å². The summed E-state index contributed by atoms with van der Waals surface area (Å²) in [5.41, 5.74) is 18.8. The first-order chi connectivity index (χ1) is 31.3. The highest BCUT2D eigenvalue weighted by atomic mass is 32.2. The first-order valence-corrected chi connectivity index (χ1v) is 26.0. The third-order valence-corrected chi connectivity index (χ3v) is 17.1. The molecule has 2 aliphatic rings. The number of benzene rings is 7. The van der Waals surface area contributed by atoms with Gasteiger partial charge >= 0.3 is 0 Å². The van der Waals surface area contributed by atoms with E-state index in [4.69, 9.17) is 0 Å². The second-order valence-electron chi connectivity index (χ2n) is 24.8. The van der Waals surface area contributed by atoms with Crippen molar-refractivity contribution >= 4 is 90.2 Å². The van der Waals surface area contributed by atoms with Crippen LogP contribution in [0.5, 0.6) is 0 Å². The molecule has 2 aromatic heterocycles. The van der Waals surface area contributed by atoms with Gasteiger partial charge in [-0.2, -0.15) is 0 Å². The van der Waals surface area contributed by atoms with Gasteiger partial charge in [-0.3, -0.25) is 0 Å². The Morgan fingerprint density at radius 1 is 0.313 bits per heavy atom. The molecule has 11 rings (SSSR count). The second kappa shape index (κ2) is 14.7. The highest BCUT2D eigenvalue weighted by Gasteiger charge is 2.40. The number of aromatic nitrogens is 2. The second-order valence-corrected chi connectivity index (χ2v) is 27.0. The van der Waals surface area contributed by atoms with E-state index in [0.29, 0.717) is 0 Å². The molecule has 0 N–H and O–H groups in total. The molecule has 0 fully saturated rings. The summed E-state index contributed by atoms with van der Waals surface area (Å²) in [4.78, 5) is 5.46. The number of nitrogens with zero attached hydrogens (tertiary/aromatic N) is 2. The van der Waals surface area contributed by atoms with E-state index in [9.17, 15) is 0 Å². The summed E-state index contributed by atoms with van der Waals surface area (Å²) in [6, 6.07) is 48.4. The number of hydrogen-bond acceptors (Lipinski definition) is 2. The van der Waals surface area contributed by atoms with Crippen molar-refractivity contribution in [1.82, 2.24) is 9.13 Å². The van der Waals surface area contributed by atoms with Crippen molar-refractivity contribution < 1.29 is 0 Å². The molecule has 2 nitrogen and oxygen atoms in total. The first-order valence-electron chi connectivity index (χ1n) is 24.4. The van der Waals surface area contributed by atoms with Crippen LogP contribution >= 0.6 is 23.5 Å². The van der Waals surface area contributed by atoms with Crippen molar-refractivity contribution in [1.29, 1.82) is 0 Å². The Hall–Kier alpha value is -5.10. The van der Waals surface area contributed by atoms with Gasteiger partial charge in [-0.15, -0.1) is 0 Å². The van der Waals surface area contributed by atoms with Crippen LogP contribution in [0.3, 0.4) is 0 Å². The molecule has 338 valence electrons. The minimum Gasteiger partial charge on any atom is -0.309 e. The topological polar surface area (TPSA) is 9.86 Å². The van der Waals surface area contributed by atoms with Crippen LogP contribution in [0.1, 0.15) is 132 Å². The van der Waals surface area contributed by atoms with Crippen molar-refractivity contribution in [3.63, 3.8) is 0 Å². The molecule has 9 aromatic rings. The quantitative estimate of drug-likeness (QED) is 0.160. The van der Waals surface area contributed by atoms with Crippen LogP contribution in [0.2, 0.25) is 0 Å². The van der Waals surface area contributed by atoms with Crippen LogP contribution in [0.15, 0.2) is 141 Å². The first kappa shape index (κ1) is 44.4. The molecule has 0 aliphatic carbocycles. The monoisotopic (exact) mass is 912 g/mol. The van der Waals surface area contributed by atoms with Crippen LogP contribution in [-0.2, 0) is 27.1 Å². The Morgan fingerprint density at radius 3 is 0.896 bits per heavy atom. The van der Waals surface area contributed by atoms with Crippen molar-refractivity contribution in [2.24, 2.45) is 0 Å². The molecule has 67 heavy (non-hydrogen) atoms. The zero-order chi connectivity index (χ0) is 47.5. The maximum Gasteiger partial charge on any atom is 0.247 e. The van der Waals surface area contributed by atoms with Crippen molar-refractivity contribution in [2.75, 3.05) is 0 Å². The predicted octanol–water partition coefficient (Wildman–Crippen LogP) is 15.8. The molecule has 0 amide bonds. The Labute approximate surface area is 408 Å². The van der Waals surface area contributed by atoms with E-state index >= 15 is 0 Å². The summed E-state index contributed by atoms with van der Waals surface area (Å²) in [6.45, 7) is 35.0. The molecule has 0 saturated carbocycles. The molecular formula is C62H65BN2S2. The summed E-state index contributed by atoms with van der Waals surface area (Å²) >= 11 is 3.93. The summed E-state index contributed by atoms with van der Waals surface area (Å²) in [6.07, 6.45) is 0. The summed E-state index contributed by atoms with van der Waals surface area (Å²) < 4.78 is 5.04. The average molecular weight is 913 g/mol. The van der Waals surface area contributed by atoms with Crippen LogP contribution in [-0.4, -0.2) is 15.8 Å². The van der Waals surface area contributed by atoms with Gasteiger partial charge in [0.15, 0.2) is 0 Å². The maximum absolute atomic E-state index is 2.52. The molecule has 0 spiro atoms. The molecule has 7 aromatic carbocycles. The Bertz CT molecular complexity index is 3180. The average Bonchev–Trinajstić information content (AvgIpc) is 3.75. The zero-order valence-electron chi connectivity index (χ0n) is 42.3. The standard InChI is InChI=1S/C62H65BN2S2/c1-58(2,3)36-16-24-49-43(28-36)44-29-37(59(4,5)6)17-25-50(44)64(49)41-20-22-47-53(34-41)66-55-32-40(62(13,14)15)33-56-57(55)63(47)48-23-21-42(35-54(48)67-56)65-51-26-18-38(60(7,8)9)30-45(51)46-31-39(61(10,11)12)19-27-52(46)65/h16-35H,1-15H3. The number of rotatable bonds is 2. The molecule has 0 saturated heterocycles. The van der Waals surface area contributed by atoms with E-state index in [1.807, 2.05) is 23.5 Å². The van der Waals surface area contributed by atoms with Crippen molar-refractivity contribution in [3.05, 3.63) is 149 Å². The Balaban J connectivity index is 1.10. The smallest absolute Gasteiger partial charge is 0.247 e. The molecule has 2 aliphatic heterocycles.